The number of benzene rings is 2. The van der Waals surface area contributed by atoms with E-state index in [0.717, 1.165) is 11.4 Å². The van der Waals surface area contributed by atoms with Gasteiger partial charge in [-0.2, -0.15) is 29.8 Å². The fraction of sp³-hybridized carbons (Fsp3) is 0.600. The van der Waals surface area contributed by atoms with Gasteiger partial charge in [0.05, 0.1) is 87.0 Å². The number of carboxylic acid groups (broad SMARTS) is 1. The van der Waals surface area contributed by atoms with E-state index >= 15 is 0 Å². The zero-order valence-electron chi connectivity index (χ0n) is 38.8. The summed E-state index contributed by atoms with van der Waals surface area (Å²) in [6, 6.07) is 8.70. The number of methoxy groups -OCH3 is 1. The number of carbonyl (C=O) groups is 1. The highest BCUT2D eigenvalue weighted by Gasteiger charge is 2.48. The predicted molar refractivity (Wildman–Crippen MR) is 250 cm³/mol. The lowest BCUT2D eigenvalue weighted by molar-refractivity contribution is -0.438. The van der Waals surface area contributed by atoms with Gasteiger partial charge in [-0.05, 0) is 94.8 Å². The van der Waals surface area contributed by atoms with Gasteiger partial charge in [0.25, 0.3) is 30.4 Å². The number of hydrogen-bond acceptors (Lipinski definition) is 14. The van der Waals surface area contributed by atoms with Crippen LogP contribution in [-0.4, -0.2) is 159 Å². The Morgan fingerprint density at radius 1 is 0.687 bits per heavy atom. The number of nitrogens with zero attached hydrogens (tertiary/aromatic N) is 2. The molecule has 2 aromatic carbocycles. The highest BCUT2D eigenvalue weighted by atomic mass is 32.2. The number of fused-ring (bicyclic) bond motifs is 2. The van der Waals surface area contributed by atoms with Gasteiger partial charge in [-0.3, -0.25) is 18.5 Å². The van der Waals surface area contributed by atoms with Gasteiger partial charge in [0, 0.05) is 67.6 Å². The molecule has 0 saturated heterocycles. The number of likely N-dealkylation sites (N-methyl/N-ethyl adjacent to an activating group) is 1. The second-order valence-corrected chi connectivity index (χ2v) is 21.0. The van der Waals surface area contributed by atoms with Crippen molar-refractivity contribution in [2.24, 2.45) is 0 Å². The van der Waals surface area contributed by atoms with Gasteiger partial charge in [-0.15, -0.1) is 0 Å². The molecule has 4 N–H and O–H groups in total. The number of ether oxygens (including phenoxy) is 6. The maximum absolute atomic E-state index is 12.4. The van der Waals surface area contributed by atoms with Crippen LogP contribution in [0, 0.1) is 0 Å². The Balaban J connectivity index is 1.59. The predicted octanol–water partition coefficient (Wildman–Crippen LogP) is 5.21. The largest absolute Gasteiger partial charge is 0.481 e. The molecule has 67 heavy (non-hydrogen) atoms. The van der Waals surface area contributed by atoms with Crippen molar-refractivity contribution in [3.8, 4) is 0 Å². The zero-order valence-corrected chi connectivity index (χ0v) is 41.2. The van der Waals surface area contributed by atoms with Crippen LogP contribution in [0.1, 0.15) is 76.8 Å². The first-order valence-electron chi connectivity index (χ1n) is 22.3. The van der Waals surface area contributed by atoms with Gasteiger partial charge < -0.3 is 38.4 Å². The van der Waals surface area contributed by atoms with E-state index < -0.39 is 52.9 Å². The standard InChI is InChI=1S/C45H66N2O17S3/c1-5-46-39-16-14-35(66(53,54)55)33-37(39)45(3,19-21-60-24-25-62-28-29-64-31-30-63-27-26-61-23-22-59-4)41(46)11-9-12-42-44(2,18-10-32-65(50,51)52)38-34-36(67(56,57)58)15-17-40(38)47(42)20-8-6-7-13-43(48)49/h9,11-12,14-17,33-34H,5-8,10,13,18-32H2,1-4H3,(H3-,48,49,50,51,52,53,54,55,56,57,58)/p+1. The number of hydrogen-bond donors (Lipinski definition) is 4. The van der Waals surface area contributed by atoms with Crippen LogP contribution in [0.5, 0.6) is 0 Å². The molecule has 376 valence electrons. The van der Waals surface area contributed by atoms with Crippen molar-refractivity contribution >= 4 is 53.4 Å². The van der Waals surface area contributed by atoms with Crippen molar-refractivity contribution in [2.75, 3.05) is 104 Å². The second-order valence-electron chi connectivity index (χ2n) is 16.6. The van der Waals surface area contributed by atoms with E-state index in [4.69, 9.17) is 28.4 Å². The Morgan fingerprint density at radius 3 is 1.75 bits per heavy atom. The lowest BCUT2D eigenvalue weighted by Gasteiger charge is -2.30. The van der Waals surface area contributed by atoms with Gasteiger partial charge in [-0.1, -0.05) is 6.08 Å². The van der Waals surface area contributed by atoms with Crippen molar-refractivity contribution in [3.63, 3.8) is 0 Å². The third-order valence-corrected chi connectivity index (χ3v) is 14.4. The molecule has 2 atom stereocenters. The molecule has 2 unspecified atom stereocenters. The molecule has 0 aliphatic carbocycles. The van der Waals surface area contributed by atoms with Crippen molar-refractivity contribution in [1.29, 1.82) is 0 Å². The topological polar surface area (TPSA) is 262 Å². The van der Waals surface area contributed by atoms with Crippen LogP contribution in [0.4, 0.5) is 11.4 Å². The minimum Gasteiger partial charge on any atom is -0.481 e. The SMILES string of the molecule is CCN1C(=CC=CC2=[N+](CCCCCC(=O)O)c3ccc(S(=O)(=O)O)cc3C2(C)CCCS(=O)(=O)O)C(C)(CCOCCOCCOCCOCCOCCOC)c2cc(S(=O)(=O)O)ccc21. The van der Waals surface area contributed by atoms with E-state index in [1.807, 2.05) is 48.5 Å². The Labute approximate surface area is 395 Å². The van der Waals surface area contributed by atoms with Gasteiger partial charge in [-0.25, -0.2) is 0 Å². The van der Waals surface area contributed by atoms with Crippen molar-refractivity contribution < 1.29 is 81.8 Å². The number of unbranched alkanes of at least 4 members (excludes halogenated alkanes) is 2. The van der Waals surface area contributed by atoms with Gasteiger partial charge in [0.2, 0.25) is 5.69 Å². The molecule has 22 heteroatoms. The van der Waals surface area contributed by atoms with Gasteiger partial charge in [0.1, 0.15) is 6.54 Å². The average Bonchev–Trinajstić information content (AvgIpc) is 3.63. The number of aliphatic carboxylic acids is 1. The van der Waals surface area contributed by atoms with Crippen LogP contribution in [0.15, 0.2) is 70.1 Å². The first-order valence-corrected chi connectivity index (χ1v) is 26.8. The summed E-state index contributed by atoms with van der Waals surface area (Å²) in [4.78, 5) is 12.7. The fourth-order valence-electron chi connectivity index (χ4n) is 8.45. The van der Waals surface area contributed by atoms with Crippen LogP contribution in [0.3, 0.4) is 0 Å². The Bertz CT molecular complexity index is 2400. The van der Waals surface area contributed by atoms with Crippen LogP contribution in [-0.2, 0) is 74.4 Å². The molecule has 4 rings (SSSR count). The molecule has 19 nitrogen and oxygen atoms in total. The molecule has 0 radical (unpaired) electrons. The number of carboxylic acids is 1. The minimum absolute atomic E-state index is 0.00415. The first-order chi connectivity index (χ1) is 31.7. The van der Waals surface area contributed by atoms with Crippen molar-refractivity contribution in [1.82, 2.24) is 0 Å². The van der Waals surface area contributed by atoms with Crippen LogP contribution < -0.4 is 4.90 Å². The van der Waals surface area contributed by atoms with E-state index in [9.17, 15) is 48.8 Å². The summed E-state index contributed by atoms with van der Waals surface area (Å²) >= 11 is 0. The van der Waals surface area contributed by atoms with E-state index in [-0.39, 0.29) is 42.3 Å². The summed E-state index contributed by atoms with van der Waals surface area (Å²) in [5.41, 5.74) is 2.08. The van der Waals surface area contributed by atoms with Gasteiger partial charge in [0.15, 0.2) is 5.71 Å². The third-order valence-electron chi connectivity index (χ3n) is 11.9. The quantitative estimate of drug-likeness (QED) is 0.0406. The van der Waals surface area contributed by atoms with E-state index in [1.165, 1.54) is 24.3 Å². The minimum atomic E-state index is -4.64. The van der Waals surface area contributed by atoms with E-state index in [0.29, 0.717) is 121 Å². The number of allylic oxidation sites excluding steroid dienone is 4. The molecule has 0 fully saturated rings. The zero-order chi connectivity index (χ0) is 49.3. The monoisotopic (exact) mass is 1000 g/mol. The summed E-state index contributed by atoms with van der Waals surface area (Å²) in [7, 11) is -11.9. The summed E-state index contributed by atoms with van der Waals surface area (Å²) in [5.74, 6) is -1.46. The molecule has 0 bridgehead atoms. The maximum atomic E-state index is 12.4. The normalized spacial score (nSPS) is 19.3. The summed E-state index contributed by atoms with van der Waals surface area (Å²) in [6.45, 7) is 11.0. The maximum Gasteiger partial charge on any atom is 0.303 e. The number of rotatable bonds is 33. The molecule has 0 spiro atoms. The molecule has 2 heterocycles. The molecular formula is C45H67N2O17S3+. The molecule has 2 aliphatic heterocycles. The third kappa shape index (κ3) is 16.2. The molecule has 2 aliphatic rings. The molecule has 0 saturated carbocycles. The number of anilines is 1. The molecule has 0 aromatic heterocycles. The lowest BCUT2D eigenvalue weighted by atomic mass is 9.75. The molecule has 2 aromatic rings. The van der Waals surface area contributed by atoms with Crippen LogP contribution >= 0.6 is 0 Å². The second kappa shape index (κ2) is 25.8. The summed E-state index contributed by atoms with van der Waals surface area (Å²) in [5, 5.41) is 9.20. The van der Waals surface area contributed by atoms with E-state index in [1.54, 1.807) is 19.2 Å². The first kappa shape index (κ1) is 55.9. The highest BCUT2D eigenvalue weighted by molar-refractivity contribution is 7.86. The molecule has 0 amide bonds. The Kier molecular flexibility index (Phi) is 21.6. The fourth-order valence-corrected chi connectivity index (χ4v) is 9.98. The highest BCUT2D eigenvalue weighted by Crippen LogP contribution is 2.51. The summed E-state index contributed by atoms with van der Waals surface area (Å²) in [6.07, 6.45) is 7.65. The van der Waals surface area contributed by atoms with Crippen molar-refractivity contribution in [2.45, 2.75) is 86.3 Å². The van der Waals surface area contributed by atoms with Crippen molar-refractivity contribution in [3.05, 3.63) is 71.5 Å². The molecular weight excluding hydrogens is 937 g/mol. The lowest BCUT2D eigenvalue weighted by Crippen LogP contribution is -2.32. The average molecular weight is 1000 g/mol. The van der Waals surface area contributed by atoms with Crippen LogP contribution in [0.2, 0.25) is 0 Å². The van der Waals surface area contributed by atoms with Crippen LogP contribution in [0.25, 0.3) is 0 Å². The summed E-state index contributed by atoms with van der Waals surface area (Å²) < 4.78 is 138. The smallest absolute Gasteiger partial charge is 0.303 e. The Hall–Kier alpha value is -3.65. The van der Waals surface area contributed by atoms with Gasteiger partial charge >= 0.3 is 5.97 Å². The Morgan fingerprint density at radius 2 is 1.22 bits per heavy atom. The van der Waals surface area contributed by atoms with E-state index in [2.05, 4.69) is 0 Å².